The van der Waals surface area contributed by atoms with Crippen LogP contribution in [0.2, 0.25) is 0 Å². The Morgan fingerprint density at radius 1 is 1.06 bits per heavy atom. The lowest BCUT2D eigenvalue weighted by Crippen LogP contribution is -2.38. The van der Waals surface area contributed by atoms with Crippen LogP contribution in [0, 0.1) is 23.7 Å². The van der Waals surface area contributed by atoms with Crippen LogP contribution in [0.5, 0.6) is 11.5 Å². The van der Waals surface area contributed by atoms with Gasteiger partial charge in [0.15, 0.2) is 11.5 Å². The molecular weight excluding hydrogens is 472 g/mol. The number of halogens is 1. The lowest BCUT2D eigenvalue weighted by Gasteiger charge is -2.37. The lowest BCUT2D eigenvalue weighted by atomic mass is 9.63. The van der Waals surface area contributed by atoms with Gasteiger partial charge in [-0.25, -0.2) is 0 Å². The van der Waals surface area contributed by atoms with Gasteiger partial charge < -0.3 is 9.47 Å². The van der Waals surface area contributed by atoms with E-state index in [4.69, 9.17) is 9.47 Å². The number of benzene rings is 2. The molecule has 0 N–H and O–H groups in total. The maximum Gasteiger partial charge on any atom is 0.254 e. The molecule has 6 nitrogen and oxygen atoms in total. The molecule has 4 unspecified atom stereocenters. The fourth-order valence-electron chi connectivity index (χ4n) is 4.98. The number of hydrogen-bond acceptors (Lipinski definition) is 5. The molecular formula is C25H23BrN2O4. The van der Waals surface area contributed by atoms with Gasteiger partial charge in [0.05, 0.1) is 29.6 Å². The zero-order chi connectivity index (χ0) is 22.2. The third-order valence-electron chi connectivity index (χ3n) is 6.54. The number of hydrazone groups is 1. The molecule has 2 aromatic carbocycles. The van der Waals surface area contributed by atoms with Crippen molar-refractivity contribution in [3.63, 3.8) is 0 Å². The van der Waals surface area contributed by atoms with Crippen molar-refractivity contribution in [3.8, 4) is 11.5 Å². The number of hydrogen-bond donors (Lipinski definition) is 0. The first-order valence-electron chi connectivity index (χ1n) is 10.7. The summed E-state index contributed by atoms with van der Waals surface area (Å²) in [4.78, 5) is 25.9. The van der Waals surface area contributed by atoms with Gasteiger partial charge in [-0.15, -0.1) is 0 Å². The molecule has 1 heterocycles. The molecule has 32 heavy (non-hydrogen) atoms. The zero-order valence-corrected chi connectivity index (χ0v) is 19.2. The SMILES string of the molecule is COc1cc(C=NN2C(=O)C3C4C=CC(CC4)C3C2=O)cc(Br)c1OCc1ccccc1. The lowest BCUT2D eigenvalue weighted by molar-refractivity contribution is -0.140. The molecule has 4 atom stereocenters. The summed E-state index contributed by atoms with van der Waals surface area (Å²) in [5.74, 6) is 0.501. The van der Waals surface area contributed by atoms with Gasteiger partial charge in [0, 0.05) is 0 Å². The van der Waals surface area contributed by atoms with Gasteiger partial charge in [0.2, 0.25) is 0 Å². The third-order valence-corrected chi connectivity index (χ3v) is 7.13. The van der Waals surface area contributed by atoms with E-state index in [9.17, 15) is 9.59 Å². The van der Waals surface area contributed by atoms with E-state index in [1.807, 2.05) is 36.4 Å². The molecule has 7 heteroatoms. The number of imide groups is 1. The second-order valence-corrected chi connectivity index (χ2v) is 9.24. The van der Waals surface area contributed by atoms with Gasteiger partial charge >= 0.3 is 0 Å². The number of amides is 2. The first-order chi connectivity index (χ1) is 15.6. The molecule has 2 bridgehead atoms. The van der Waals surface area contributed by atoms with Crippen LogP contribution in [0.25, 0.3) is 0 Å². The Kier molecular flexibility index (Phi) is 5.59. The number of rotatable bonds is 6. The van der Waals surface area contributed by atoms with Crippen LogP contribution >= 0.6 is 15.9 Å². The standard InChI is InChI=1S/C25H23BrN2O4/c1-31-20-12-16(11-19(26)23(20)32-14-15-5-3-2-4-6-15)13-27-28-24(29)21-17-7-8-18(10-9-17)22(21)25(28)30/h2-8,11-13,17-18,21-22H,9-10,14H2,1H3. The van der Waals surface area contributed by atoms with E-state index in [0.29, 0.717) is 28.1 Å². The summed E-state index contributed by atoms with van der Waals surface area (Å²) in [5.41, 5.74) is 1.74. The van der Waals surface area contributed by atoms with E-state index in [-0.39, 0.29) is 35.5 Å². The van der Waals surface area contributed by atoms with Crippen molar-refractivity contribution in [1.82, 2.24) is 5.01 Å². The summed E-state index contributed by atoms with van der Waals surface area (Å²) >= 11 is 3.54. The van der Waals surface area contributed by atoms with Crippen LogP contribution in [-0.4, -0.2) is 30.1 Å². The van der Waals surface area contributed by atoms with E-state index in [2.05, 4.69) is 33.2 Å². The number of nitrogens with zero attached hydrogens (tertiary/aromatic N) is 2. The predicted molar refractivity (Wildman–Crippen MR) is 123 cm³/mol. The van der Waals surface area contributed by atoms with Crippen LogP contribution in [0.1, 0.15) is 24.0 Å². The number of ether oxygens (including phenoxy) is 2. The van der Waals surface area contributed by atoms with Crippen molar-refractivity contribution in [3.05, 3.63) is 70.2 Å². The van der Waals surface area contributed by atoms with Crippen LogP contribution in [0.15, 0.2) is 64.2 Å². The largest absolute Gasteiger partial charge is 0.493 e. The Balaban J connectivity index is 1.35. The quantitative estimate of drug-likeness (QED) is 0.335. The zero-order valence-electron chi connectivity index (χ0n) is 17.6. The van der Waals surface area contributed by atoms with Crippen molar-refractivity contribution in [2.75, 3.05) is 7.11 Å². The van der Waals surface area contributed by atoms with E-state index in [1.165, 1.54) is 6.21 Å². The molecule has 164 valence electrons. The van der Waals surface area contributed by atoms with Crippen LogP contribution in [-0.2, 0) is 16.2 Å². The van der Waals surface area contributed by atoms with Gasteiger partial charge in [-0.1, -0.05) is 42.5 Å². The monoisotopic (exact) mass is 494 g/mol. The highest BCUT2D eigenvalue weighted by atomic mass is 79.9. The van der Waals surface area contributed by atoms with Crippen molar-refractivity contribution < 1.29 is 19.1 Å². The summed E-state index contributed by atoms with van der Waals surface area (Å²) in [7, 11) is 1.57. The number of methoxy groups -OCH3 is 1. The average molecular weight is 495 g/mol. The van der Waals surface area contributed by atoms with Crippen molar-refractivity contribution in [1.29, 1.82) is 0 Å². The highest BCUT2D eigenvalue weighted by Gasteiger charge is 2.56. The molecule has 1 saturated heterocycles. The maximum atomic E-state index is 12.9. The fraction of sp³-hybridized carbons (Fsp3) is 0.320. The van der Waals surface area contributed by atoms with E-state index < -0.39 is 0 Å². The minimum absolute atomic E-state index is 0.150. The molecule has 0 aromatic heterocycles. The van der Waals surface area contributed by atoms with Gasteiger partial charge in [0.1, 0.15) is 6.61 Å². The Morgan fingerprint density at radius 2 is 1.72 bits per heavy atom. The molecule has 1 saturated carbocycles. The predicted octanol–water partition coefficient (Wildman–Crippen LogP) is 4.57. The Bertz CT molecular complexity index is 1080. The van der Waals surface area contributed by atoms with E-state index in [0.717, 1.165) is 23.4 Å². The number of allylic oxidation sites excluding steroid dienone is 2. The summed E-state index contributed by atoms with van der Waals surface area (Å²) in [5, 5.41) is 5.34. The van der Waals surface area contributed by atoms with Gasteiger partial charge in [-0.05, 0) is 63.9 Å². The molecule has 0 spiro atoms. The van der Waals surface area contributed by atoms with Crippen molar-refractivity contribution in [2.24, 2.45) is 28.8 Å². The first kappa shape index (κ1) is 20.9. The third kappa shape index (κ3) is 3.64. The van der Waals surface area contributed by atoms with E-state index >= 15 is 0 Å². The maximum absolute atomic E-state index is 12.9. The Morgan fingerprint density at radius 3 is 2.31 bits per heavy atom. The Hall–Kier alpha value is -2.93. The minimum Gasteiger partial charge on any atom is -0.493 e. The molecule has 3 aliphatic carbocycles. The fourth-order valence-corrected chi connectivity index (χ4v) is 5.55. The molecule has 2 fully saturated rings. The van der Waals surface area contributed by atoms with E-state index in [1.54, 1.807) is 13.2 Å². The highest BCUT2D eigenvalue weighted by Crippen LogP contribution is 2.49. The van der Waals surface area contributed by atoms with Gasteiger partial charge in [-0.2, -0.15) is 10.1 Å². The highest BCUT2D eigenvalue weighted by molar-refractivity contribution is 9.10. The minimum atomic E-state index is -0.265. The van der Waals surface area contributed by atoms with Crippen molar-refractivity contribution in [2.45, 2.75) is 19.4 Å². The van der Waals surface area contributed by atoms with Gasteiger partial charge in [-0.3, -0.25) is 9.59 Å². The molecule has 6 rings (SSSR count). The second-order valence-electron chi connectivity index (χ2n) is 8.38. The van der Waals surface area contributed by atoms with Gasteiger partial charge in [0.25, 0.3) is 11.8 Å². The second kappa shape index (κ2) is 8.54. The number of carbonyl (C=O) groups is 2. The topological polar surface area (TPSA) is 68.2 Å². The summed E-state index contributed by atoms with van der Waals surface area (Å²) in [6, 6.07) is 13.5. The molecule has 0 radical (unpaired) electrons. The normalized spacial score (nSPS) is 26.1. The summed E-state index contributed by atoms with van der Waals surface area (Å²) in [6.45, 7) is 0.402. The Labute approximate surface area is 195 Å². The van der Waals surface area contributed by atoms with Crippen molar-refractivity contribution >= 4 is 34.0 Å². The molecule has 4 aliphatic rings. The molecule has 1 aliphatic heterocycles. The molecule has 2 amide bonds. The molecule has 2 aromatic rings. The summed E-state index contributed by atoms with van der Waals surface area (Å²) in [6.07, 6.45) is 7.66. The van der Waals surface area contributed by atoms with Crippen LogP contribution in [0.4, 0.5) is 0 Å². The van der Waals surface area contributed by atoms with Crippen LogP contribution < -0.4 is 9.47 Å². The first-order valence-corrected chi connectivity index (χ1v) is 11.5. The average Bonchev–Trinajstić information content (AvgIpc) is 3.10. The number of fused-ring (bicyclic) bond motifs is 1. The van der Waals surface area contributed by atoms with Crippen LogP contribution in [0.3, 0.4) is 0 Å². The number of carbonyl (C=O) groups excluding carboxylic acids is 2. The smallest absolute Gasteiger partial charge is 0.254 e. The summed E-state index contributed by atoms with van der Waals surface area (Å²) < 4.78 is 12.2.